The Labute approximate surface area is 158 Å². The molecule has 0 bridgehead atoms. The quantitative estimate of drug-likeness (QED) is 0.747. The van der Waals surface area contributed by atoms with Gasteiger partial charge >= 0.3 is 0 Å². The second-order valence-electron chi connectivity index (χ2n) is 7.22. The van der Waals surface area contributed by atoms with Crippen LogP contribution >= 0.6 is 0 Å². The third kappa shape index (κ3) is 3.68. The largest absolute Gasteiger partial charge is 0.311 e. The molecule has 1 aromatic heterocycles. The Balaban J connectivity index is 1.78. The minimum atomic E-state index is -0.0906. The highest BCUT2D eigenvalue weighted by atomic mass is 16.1. The minimum Gasteiger partial charge on any atom is -0.311 e. The van der Waals surface area contributed by atoms with E-state index >= 15 is 0 Å². The van der Waals surface area contributed by atoms with Crippen molar-refractivity contribution in [2.45, 2.75) is 32.6 Å². The lowest BCUT2D eigenvalue weighted by molar-refractivity contribution is 0.767. The van der Waals surface area contributed by atoms with Crippen LogP contribution in [0.25, 0.3) is 11.1 Å². The van der Waals surface area contributed by atoms with Crippen molar-refractivity contribution in [3.63, 3.8) is 0 Å². The average Bonchev–Trinajstić information content (AvgIpc) is 3.49. The van der Waals surface area contributed by atoms with Crippen LogP contribution < -0.4 is 5.56 Å². The first-order valence-electron chi connectivity index (χ1n) is 9.32. The van der Waals surface area contributed by atoms with E-state index in [-0.39, 0.29) is 5.56 Å². The van der Waals surface area contributed by atoms with Gasteiger partial charge in [-0.15, -0.1) is 0 Å². The first kappa shape index (κ1) is 17.2. The zero-order valence-electron chi connectivity index (χ0n) is 15.3. The average molecular weight is 355 g/mol. The Morgan fingerprint density at radius 2 is 1.93 bits per heavy atom. The molecule has 1 N–H and O–H groups in total. The molecule has 134 valence electrons. The first-order valence-corrected chi connectivity index (χ1v) is 9.32. The first-order chi connectivity index (χ1) is 13.2. The molecule has 3 aromatic rings. The van der Waals surface area contributed by atoms with Crippen molar-refractivity contribution in [3.05, 3.63) is 87.1 Å². The third-order valence-electron chi connectivity index (χ3n) is 5.11. The third-order valence-corrected chi connectivity index (χ3v) is 5.11. The van der Waals surface area contributed by atoms with Gasteiger partial charge in [-0.2, -0.15) is 5.26 Å². The molecule has 4 rings (SSSR count). The van der Waals surface area contributed by atoms with E-state index < -0.39 is 0 Å². The SMILES string of the molecule is Cc1nc(CC2CC2)c(Cc2cccc(-c3ccccc3)c2C#N)c(=O)[nH]1. The molecule has 0 amide bonds. The predicted octanol–water partition coefficient (Wildman–Crippen LogP) is 4.16. The van der Waals surface area contributed by atoms with Gasteiger partial charge in [-0.25, -0.2) is 4.98 Å². The molecular formula is C23H21N3O. The normalized spacial score (nSPS) is 13.3. The van der Waals surface area contributed by atoms with Gasteiger partial charge in [-0.1, -0.05) is 48.5 Å². The molecule has 0 spiro atoms. The Kier molecular flexibility index (Phi) is 4.60. The summed E-state index contributed by atoms with van der Waals surface area (Å²) in [6, 6.07) is 18.1. The number of aromatic amines is 1. The molecule has 1 fully saturated rings. The van der Waals surface area contributed by atoms with Crippen LogP contribution in [0.3, 0.4) is 0 Å². The van der Waals surface area contributed by atoms with Gasteiger partial charge in [0.1, 0.15) is 11.9 Å². The van der Waals surface area contributed by atoms with Crippen molar-refractivity contribution in [1.82, 2.24) is 9.97 Å². The maximum Gasteiger partial charge on any atom is 0.254 e. The van der Waals surface area contributed by atoms with Crippen LogP contribution in [0.15, 0.2) is 53.3 Å². The van der Waals surface area contributed by atoms with Gasteiger partial charge in [0.05, 0.1) is 11.3 Å². The van der Waals surface area contributed by atoms with Crippen molar-refractivity contribution >= 4 is 0 Å². The fourth-order valence-corrected chi connectivity index (χ4v) is 3.54. The molecule has 4 nitrogen and oxygen atoms in total. The highest BCUT2D eigenvalue weighted by molar-refractivity contribution is 5.72. The number of nitriles is 1. The van der Waals surface area contributed by atoms with Crippen LogP contribution in [0.2, 0.25) is 0 Å². The molecule has 1 heterocycles. The monoisotopic (exact) mass is 355 g/mol. The highest BCUT2D eigenvalue weighted by Crippen LogP contribution is 2.33. The number of hydrogen-bond acceptors (Lipinski definition) is 3. The van der Waals surface area contributed by atoms with Crippen LogP contribution in [0, 0.1) is 24.2 Å². The Morgan fingerprint density at radius 1 is 1.15 bits per heavy atom. The standard InChI is InChI=1S/C23H21N3O/c1-15-25-22(12-16-10-11-16)20(23(27)26-15)13-18-8-5-9-19(21(18)14-24)17-6-3-2-4-7-17/h2-9,16H,10-13H2,1H3,(H,25,26,27). The lowest BCUT2D eigenvalue weighted by Gasteiger charge is -2.12. The Hall–Kier alpha value is -3.19. The fourth-order valence-electron chi connectivity index (χ4n) is 3.54. The number of hydrogen-bond donors (Lipinski definition) is 1. The summed E-state index contributed by atoms with van der Waals surface area (Å²) < 4.78 is 0. The van der Waals surface area contributed by atoms with E-state index in [1.807, 2.05) is 55.5 Å². The maximum atomic E-state index is 12.6. The second kappa shape index (κ2) is 7.20. The van der Waals surface area contributed by atoms with Crippen molar-refractivity contribution in [3.8, 4) is 17.2 Å². The van der Waals surface area contributed by atoms with Crippen molar-refractivity contribution in [2.24, 2.45) is 5.92 Å². The summed E-state index contributed by atoms with van der Waals surface area (Å²) in [4.78, 5) is 20.1. The van der Waals surface area contributed by atoms with Crippen molar-refractivity contribution < 1.29 is 0 Å². The summed E-state index contributed by atoms with van der Waals surface area (Å²) in [6.07, 6.45) is 3.69. The summed E-state index contributed by atoms with van der Waals surface area (Å²) >= 11 is 0. The van der Waals surface area contributed by atoms with Crippen LogP contribution in [0.4, 0.5) is 0 Å². The van der Waals surface area contributed by atoms with Gasteiger partial charge in [-0.3, -0.25) is 4.79 Å². The topological polar surface area (TPSA) is 69.5 Å². The minimum absolute atomic E-state index is 0.0906. The molecule has 0 saturated heterocycles. The number of nitrogens with one attached hydrogen (secondary N) is 1. The van der Waals surface area contributed by atoms with E-state index in [0.717, 1.165) is 28.8 Å². The van der Waals surface area contributed by atoms with E-state index in [2.05, 4.69) is 16.0 Å². The lowest BCUT2D eigenvalue weighted by Crippen LogP contribution is -2.20. The van der Waals surface area contributed by atoms with Crippen molar-refractivity contribution in [2.75, 3.05) is 0 Å². The second-order valence-corrected chi connectivity index (χ2v) is 7.22. The molecule has 2 aromatic carbocycles. The van der Waals surface area contributed by atoms with Crippen LogP contribution in [0.5, 0.6) is 0 Å². The van der Waals surface area contributed by atoms with E-state index in [4.69, 9.17) is 0 Å². The van der Waals surface area contributed by atoms with Crippen LogP contribution in [-0.4, -0.2) is 9.97 Å². The molecule has 0 radical (unpaired) electrons. The number of aromatic nitrogens is 2. The number of rotatable bonds is 5. The summed E-state index contributed by atoms with van der Waals surface area (Å²) in [5.74, 6) is 1.29. The summed E-state index contributed by atoms with van der Waals surface area (Å²) in [7, 11) is 0. The lowest BCUT2D eigenvalue weighted by atomic mass is 9.92. The van der Waals surface area contributed by atoms with Crippen LogP contribution in [-0.2, 0) is 12.8 Å². The molecule has 1 aliphatic rings. The van der Waals surface area contributed by atoms with Gasteiger partial charge in [0.15, 0.2) is 0 Å². The van der Waals surface area contributed by atoms with Gasteiger partial charge in [0, 0.05) is 12.0 Å². The number of benzene rings is 2. The summed E-state index contributed by atoms with van der Waals surface area (Å²) in [5, 5.41) is 9.83. The van der Waals surface area contributed by atoms with E-state index in [1.165, 1.54) is 12.8 Å². The highest BCUT2D eigenvalue weighted by Gasteiger charge is 2.25. The Morgan fingerprint density at radius 3 is 2.63 bits per heavy atom. The van der Waals surface area contributed by atoms with Gasteiger partial charge < -0.3 is 4.98 Å². The number of aryl methyl sites for hydroxylation is 1. The molecule has 27 heavy (non-hydrogen) atoms. The fraction of sp³-hybridized carbons (Fsp3) is 0.261. The maximum absolute atomic E-state index is 12.6. The molecule has 1 saturated carbocycles. The van der Waals surface area contributed by atoms with Crippen molar-refractivity contribution in [1.29, 1.82) is 5.26 Å². The smallest absolute Gasteiger partial charge is 0.254 e. The van der Waals surface area contributed by atoms with E-state index in [0.29, 0.717) is 29.3 Å². The molecule has 4 heteroatoms. The van der Waals surface area contributed by atoms with Gasteiger partial charge in [0.2, 0.25) is 0 Å². The summed E-state index contributed by atoms with van der Waals surface area (Å²) in [5.41, 5.74) is 4.88. The Bertz CT molecular complexity index is 1070. The molecular weight excluding hydrogens is 334 g/mol. The van der Waals surface area contributed by atoms with Crippen LogP contribution in [0.1, 0.15) is 41.1 Å². The predicted molar refractivity (Wildman–Crippen MR) is 105 cm³/mol. The molecule has 0 unspecified atom stereocenters. The molecule has 0 atom stereocenters. The van der Waals surface area contributed by atoms with Gasteiger partial charge in [0.25, 0.3) is 5.56 Å². The number of H-pyrrole nitrogens is 1. The van der Waals surface area contributed by atoms with E-state index in [9.17, 15) is 10.1 Å². The summed E-state index contributed by atoms with van der Waals surface area (Å²) in [6.45, 7) is 1.82. The van der Waals surface area contributed by atoms with Gasteiger partial charge in [-0.05, 0) is 48.8 Å². The number of nitrogens with zero attached hydrogens (tertiary/aromatic N) is 2. The molecule has 1 aliphatic carbocycles. The molecule has 0 aliphatic heterocycles. The zero-order chi connectivity index (χ0) is 18.8. The van der Waals surface area contributed by atoms with E-state index in [1.54, 1.807) is 0 Å². The zero-order valence-corrected chi connectivity index (χ0v) is 15.3.